The molecule has 2 aromatic heterocycles. The molecule has 0 bridgehead atoms. The van der Waals surface area contributed by atoms with Crippen molar-refractivity contribution in [2.45, 2.75) is 6.61 Å². The second kappa shape index (κ2) is 6.67. The normalized spacial score (nSPS) is 10.8. The van der Waals surface area contributed by atoms with E-state index < -0.39 is 0 Å². The number of aliphatic hydroxyl groups is 1. The Morgan fingerprint density at radius 3 is 2.56 bits per heavy atom. The number of rotatable bonds is 4. The van der Waals surface area contributed by atoms with E-state index in [4.69, 9.17) is 4.98 Å². The molecule has 0 atom stereocenters. The van der Waals surface area contributed by atoms with Gasteiger partial charge in [0.2, 0.25) is 0 Å². The Balaban J connectivity index is 1.83. The number of nitrogens with one attached hydrogen (secondary N) is 1. The number of aromatic nitrogens is 3. The van der Waals surface area contributed by atoms with Crippen LogP contribution in [0.1, 0.15) is 5.56 Å². The van der Waals surface area contributed by atoms with E-state index in [1.54, 1.807) is 12.4 Å². The van der Waals surface area contributed by atoms with E-state index in [0.29, 0.717) is 5.82 Å². The van der Waals surface area contributed by atoms with Crippen LogP contribution in [-0.4, -0.2) is 20.1 Å². The van der Waals surface area contributed by atoms with Gasteiger partial charge >= 0.3 is 0 Å². The van der Waals surface area contributed by atoms with Crippen LogP contribution in [0.4, 0.5) is 11.5 Å². The minimum atomic E-state index is 0.00229. The SMILES string of the molecule is OCc1cccc(Nc2nc(-c3ccncc3)nc3ccccc23)c1. The maximum absolute atomic E-state index is 9.33. The molecule has 0 spiro atoms. The molecule has 122 valence electrons. The van der Waals surface area contributed by atoms with Gasteiger partial charge in [0.25, 0.3) is 0 Å². The van der Waals surface area contributed by atoms with E-state index >= 15 is 0 Å². The Bertz CT molecular complexity index is 1020. The lowest BCUT2D eigenvalue weighted by atomic mass is 10.2. The molecular weight excluding hydrogens is 312 g/mol. The fourth-order valence-electron chi connectivity index (χ4n) is 2.69. The van der Waals surface area contributed by atoms with Crippen LogP contribution >= 0.6 is 0 Å². The molecule has 2 N–H and O–H groups in total. The lowest BCUT2D eigenvalue weighted by Crippen LogP contribution is -2.00. The molecule has 0 aliphatic heterocycles. The number of para-hydroxylation sites is 1. The zero-order valence-electron chi connectivity index (χ0n) is 13.4. The Kier molecular flexibility index (Phi) is 4.06. The van der Waals surface area contributed by atoms with Crippen LogP contribution in [0.5, 0.6) is 0 Å². The predicted molar refractivity (Wildman–Crippen MR) is 98.4 cm³/mol. The van der Waals surface area contributed by atoms with Gasteiger partial charge in [-0.1, -0.05) is 24.3 Å². The van der Waals surface area contributed by atoms with Crippen LogP contribution in [0.3, 0.4) is 0 Å². The van der Waals surface area contributed by atoms with Crippen molar-refractivity contribution in [2.24, 2.45) is 0 Å². The molecule has 0 unspecified atom stereocenters. The summed E-state index contributed by atoms with van der Waals surface area (Å²) in [5.74, 6) is 1.37. The molecule has 0 amide bonds. The van der Waals surface area contributed by atoms with Crippen molar-refractivity contribution < 1.29 is 5.11 Å². The van der Waals surface area contributed by atoms with Gasteiger partial charge < -0.3 is 10.4 Å². The zero-order valence-corrected chi connectivity index (χ0v) is 13.4. The second-order valence-corrected chi connectivity index (χ2v) is 5.63. The van der Waals surface area contributed by atoms with Crippen molar-refractivity contribution in [3.05, 3.63) is 78.6 Å². The number of nitrogens with zero attached hydrogens (tertiary/aromatic N) is 3. The first kappa shape index (κ1) is 15.2. The van der Waals surface area contributed by atoms with Crippen molar-refractivity contribution in [3.8, 4) is 11.4 Å². The van der Waals surface area contributed by atoms with Crippen LogP contribution in [0.25, 0.3) is 22.3 Å². The Morgan fingerprint density at radius 1 is 0.880 bits per heavy atom. The van der Waals surface area contributed by atoms with E-state index in [0.717, 1.165) is 33.5 Å². The highest BCUT2D eigenvalue weighted by molar-refractivity contribution is 5.92. The summed E-state index contributed by atoms with van der Waals surface area (Å²) in [5.41, 5.74) is 3.49. The molecule has 25 heavy (non-hydrogen) atoms. The number of fused-ring (bicyclic) bond motifs is 1. The standard InChI is InChI=1S/C20H16N4O/c25-13-14-4-3-5-16(12-14)22-20-17-6-1-2-7-18(17)23-19(24-20)15-8-10-21-11-9-15/h1-12,25H,13H2,(H,22,23,24). The fourth-order valence-corrected chi connectivity index (χ4v) is 2.69. The van der Waals surface area contributed by atoms with Gasteiger partial charge in [-0.05, 0) is 42.0 Å². The summed E-state index contributed by atoms with van der Waals surface area (Å²) in [4.78, 5) is 13.4. The number of hydrogen-bond acceptors (Lipinski definition) is 5. The first-order valence-electron chi connectivity index (χ1n) is 7.97. The molecule has 5 heteroatoms. The van der Waals surface area contributed by atoms with Gasteiger partial charge in [-0.15, -0.1) is 0 Å². The summed E-state index contributed by atoms with van der Waals surface area (Å²) in [6.45, 7) is 0.00229. The maximum Gasteiger partial charge on any atom is 0.162 e. The van der Waals surface area contributed by atoms with E-state index in [-0.39, 0.29) is 6.61 Å². The maximum atomic E-state index is 9.33. The Morgan fingerprint density at radius 2 is 1.72 bits per heavy atom. The molecular formula is C20H16N4O. The lowest BCUT2D eigenvalue weighted by molar-refractivity contribution is 0.282. The molecule has 2 aromatic carbocycles. The molecule has 2 heterocycles. The summed E-state index contributed by atoms with van der Waals surface area (Å²) < 4.78 is 0. The predicted octanol–water partition coefficient (Wildman–Crippen LogP) is 3.93. The molecule has 4 rings (SSSR count). The van der Waals surface area contributed by atoms with E-state index in [1.807, 2.05) is 60.7 Å². The molecule has 0 aliphatic carbocycles. The van der Waals surface area contributed by atoms with Crippen molar-refractivity contribution in [1.29, 1.82) is 0 Å². The third kappa shape index (κ3) is 3.18. The summed E-state index contributed by atoms with van der Waals surface area (Å²) in [6.07, 6.45) is 3.46. The van der Waals surface area contributed by atoms with Crippen molar-refractivity contribution in [2.75, 3.05) is 5.32 Å². The summed E-state index contributed by atoms with van der Waals surface area (Å²) in [6, 6.07) is 19.3. The number of anilines is 2. The minimum absolute atomic E-state index is 0.00229. The number of pyridine rings is 1. The molecule has 0 fully saturated rings. The molecule has 0 aliphatic rings. The van der Waals surface area contributed by atoms with Gasteiger partial charge in [-0.25, -0.2) is 9.97 Å². The summed E-state index contributed by atoms with van der Waals surface area (Å²) >= 11 is 0. The Hall–Kier alpha value is -3.31. The van der Waals surface area contributed by atoms with Crippen LogP contribution < -0.4 is 5.32 Å². The average molecular weight is 328 g/mol. The third-order valence-corrected chi connectivity index (χ3v) is 3.91. The van der Waals surface area contributed by atoms with Crippen molar-refractivity contribution >= 4 is 22.4 Å². The minimum Gasteiger partial charge on any atom is -0.392 e. The van der Waals surface area contributed by atoms with Gasteiger partial charge in [-0.2, -0.15) is 0 Å². The molecule has 4 aromatic rings. The fraction of sp³-hybridized carbons (Fsp3) is 0.0500. The highest BCUT2D eigenvalue weighted by Crippen LogP contribution is 2.27. The van der Waals surface area contributed by atoms with Gasteiger partial charge in [0.05, 0.1) is 12.1 Å². The van der Waals surface area contributed by atoms with Crippen LogP contribution in [-0.2, 0) is 6.61 Å². The zero-order chi connectivity index (χ0) is 17.1. The highest BCUT2D eigenvalue weighted by Gasteiger charge is 2.09. The van der Waals surface area contributed by atoms with Gasteiger partial charge in [-0.3, -0.25) is 4.98 Å². The van der Waals surface area contributed by atoms with Gasteiger partial charge in [0, 0.05) is 29.0 Å². The van der Waals surface area contributed by atoms with Crippen LogP contribution in [0, 0.1) is 0 Å². The monoisotopic (exact) mass is 328 g/mol. The molecule has 0 saturated carbocycles. The van der Waals surface area contributed by atoms with E-state index in [9.17, 15) is 5.11 Å². The number of aliphatic hydroxyl groups excluding tert-OH is 1. The first-order chi connectivity index (χ1) is 12.3. The van der Waals surface area contributed by atoms with Crippen molar-refractivity contribution in [1.82, 2.24) is 15.0 Å². The number of hydrogen-bond donors (Lipinski definition) is 2. The van der Waals surface area contributed by atoms with E-state index in [1.165, 1.54) is 0 Å². The third-order valence-electron chi connectivity index (χ3n) is 3.91. The van der Waals surface area contributed by atoms with Gasteiger partial charge in [0.15, 0.2) is 5.82 Å². The first-order valence-corrected chi connectivity index (χ1v) is 7.97. The second-order valence-electron chi connectivity index (χ2n) is 5.63. The Labute approximate surface area is 145 Å². The molecule has 5 nitrogen and oxygen atoms in total. The number of benzene rings is 2. The summed E-state index contributed by atoms with van der Waals surface area (Å²) in [7, 11) is 0. The van der Waals surface area contributed by atoms with Crippen molar-refractivity contribution in [3.63, 3.8) is 0 Å². The molecule has 0 saturated heterocycles. The van der Waals surface area contributed by atoms with Crippen LogP contribution in [0.15, 0.2) is 73.1 Å². The smallest absolute Gasteiger partial charge is 0.162 e. The average Bonchev–Trinajstić information content (AvgIpc) is 2.69. The quantitative estimate of drug-likeness (QED) is 0.594. The highest BCUT2D eigenvalue weighted by atomic mass is 16.3. The largest absolute Gasteiger partial charge is 0.392 e. The van der Waals surface area contributed by atoms with Gasteiger partial charge in [0.1, 0.15) is 5.82 Å². The van der Waals surface area contributed by atoms with Crippen LogP contribution in [0.2, 0.25) is 0 Å². The van der Waals surface area contributed by atoms with E-state index in [2.05, 4.69) is 15.3 Å². The summed E-state index contributed by atoms with van der Waals surface area (Å²) in [5, 5.41) is 13.6. The molecule has 0 radical (unpaired) electrons. The topological polar surface area (TPSA) is 70.9 Å². The lowest BCUT2D eigenvalue weighted by Gasteiger charge is -2.11.